The maximum Gasteiger partial charge on any atom is 0.355 e. The van der Waals surface area contributed by atoms with Crippen molar-refractivity contribution in [2.24, 2.45) is 7.05 Å². The Morgan fingerprint density at radius 2 is 1.97 bits per heavy atom. The molecule has 0 saturated carbocycles. The summed E-state index contributed by atoms with van der Waals surface area (Å²) in [5.74, 6) is 0.131. The number of ether oxygens (including phenoxy) is 1. The fourth-order valence-electron chi connectivity index (χ4n) is 5.71. The molecule has 0 radical (unpaired) electrons. The molecule has 0 amide bonds. The van der Waals surface area contributed by atoms with E-state index in [1.165, 1.54) is 21.3 Å². The first-order valence-corrected chi connectivity index (χ1v) is 13.3. The van der Waals surface area contributed by atoms with Crippen molar-refractivity contribution in [1.82, 2.24) is 24.4 Å². The van der Waals surface area contributed by atoms with Gasteiger partial charge < -0.3 is 19.5 Å². The van der Waals surface area contributed by atoms with Gasteiger partial charge in [-0.05, 0) is 30.5 Å². The molecule has 6 rings (SSSR count). The number of hydrogen-bond acceptors (Lipinski definition) is 7. The van der Waals surface area contributed by atoms with Crippen molar-refractivity contribution in [3.8, 4) is 22.7 Å². The molecular formula is C28H28ClFN6O3. The first kappa shape index (κ1) is 25.5. The largest absolute Gasteiger partial charge is 0.489 e. The second kappa shape index (κ2) is 9.46. The van der Waals surface area contributed by atoms with Crippen LogP contribution in [0.4, 0.5) is 10.2 Å². The van der Waals surface area contributed by atoms with Gasteiger partial charge in [0, 0.05) is 44.0 Å². The van der Waals surface area contributed by atoms with Gasteiger partial charge in [0.25, 0.3) is 5.56 Å². The van der Waals surface area contributed by atoms with Gasteiger partial charge in [0.15, 0.2) is 11.4 Å². The fourth-order valence-corrected chi connectivity index (χ4v) is 6.00. The van der Waals surface area contributed by atoms with Gasteiger partial charge in [0.05, 0.1) is 17.4 Å². The summed E-state index contributed by atoms with van der Waals surface area (Å²) in [6, 6.07) is 7.61. The van der Waals surface area contributed by atoms with Crippen molar-refractivity contribution in [2.75, 3.05) is 31.1 Å². The van der Waals surface area contributed by atoms with Crippen LogP contribution < -0.4 is 26.2 Å². The molecule has 1 fully saturated rings. The molecule has 1 atom stereocenters. The highest BCUT2D eigenvalue weighted by molar-refractivity contribution is 6.36. The number of nitrogens with zero attached hydrogens (tertiary/aromatic N) is 5. The lowest BCUT2D eigenvalue weighted by Crippen LogP contribution is -2.54. The number of nitrogens with one attached hydrogen (secondary N) is 1. The number of benzene rings is 1. The molecule has 2 aliphatic rings. The molecule has 1 N–H and O–H groups in total. The average Bonchev–Trinajstić information content (AvgIpc) is 3.06. The molecule has 1 saturated heterocycles. The van der Waals surface area contributed by atoms with Crippen molar-refractivity contribution in [2.45, 2.75) is 32.7 Å². The molecule has 9 nitrogen and oxygen atoms in total. The molecule has 2 aliphatic heterocycles. The molecule has 11 heteroatoms. The monoisotopic (exact) mass is 550 g/mol. The zero-order valence-electron chi connectivity index (χ0n) is 22.1. The van der Waals surface area contributed by atoms with Gasteiger partial charge in [-0.3, -0.25) is 4.79 Å². The van der Waals surface area contributed by atoms with Crippen molar-refractivity contribution < 1.29 is 9.13 Å². The topological polar surface area (TPSA) is 94.3 Å². The molecule has 1 aromatic carbocycles. The zero-order chi connectivity index (χ0) is 27.6. The van der Waals surface area contributed by atoms with Gasteiger partial charge in [0.1, 0.15) is 28.7 Å². The molecule has 0 aliphatic carbocycles. The second-order valence-corrected chi connectivity index (χ2v) is 10.7. The van der Waals surface area contributed by atoms with E-state index in [0.717, 1.165) is 0 Å². The van der Waals surface area contributed by atoms with E-state index in [4.69, 9.17) is 21.3 Å². The number of anilines is 1. The van der Waals surface area contributed by atoms with Gasteiger partial charge in [-0.1, -0.05) is 37.6 Å². The van der Waals surface area contributed by atoms with E-state index in [9.17, 15) is 9.59 Å². The van der Waals surface area contributed by atoms with E-state index >= 15 is 4.39 Å². The Morgan fingerprint density at radius 3 is 2.72 bits per heavy atom. The van der Waals surface area contributed by atoms with E-state index in [0.29, 0.717) is 60.1 Å². The maximum atomic E-state index is 15.1. The van der Waals surface area contributed by atoms with Crippen LogP contribution in [0.5, 0.6) is 5.75 Å². The number of pyridine rings is 2. The second-order valence-electron chi connectivity index (χ2n) is 10.3. The summed E-state index contributed by atoms with van der Waals surface area (Å²) in [6.45, 7) is 7.95. The van der Waals surface area contributed by atoms with Crippen LogP contribution in [0.1, 0.15) is 31.0 Å². The summed E-state index contributed by atoms with van der Waals surface area (Å²) in [4.78, 5) is 38.2. The molecule has 202 valence electrons. The molecule has 5 heterocycles. The lowest BCUT2D eigenvalue weighted by atomic mass is 10.0. The van der Waals surface area contributed by atoms with Crippen molar-refractivity contribution >= 4 is 28.5 Å². The number of aryl methyl sites for hydroxylation is 1. The third kappa shape index (κ3) is 3.92. The Bertz CT molecular complexity index is 1770. The number of hydrogen-bond donors (Lipinski definition) is 1. The van der Waals surface area contributed by atoms with Crippen LogP contribution in [0.15, 0.2) is 39.9 Å². The third-order valence-electron chi connectivity index (χ3n) is 7.49. The predicted octanol–water partition coefficient (Wildman–Crippen LogP) is 3.54. The molecule has 39 heavy (non-hydrogen) atoms. The SMILES string of the molecule is Cc1cc(=O)n(C)c(C(C)C)c1-n1c(=O)nc2c3c(c(Cl)c(-c4ccccc4F)nc31)OC[C@H]1CNCCN21. The summed E-state index contributed by atoms with van der Waals surface area (Å²) in [5, 5.41) is 3.98. The summed E-state index contributed by atoms with van der Waals surface area (Å²) in [5.41, 5.74) is 1.61. The number of piperazine rings is 1. The van der Waals surface area contributed by atoms with Crippen LogP contribution in [0.2, 0.25) is 5.02 Å². The molecule has 0 spiro atoms. The Labute approximate surface area is 228 Å². The summed E-state index contributed by atoms with van der Waals surface area (Å²) >= 11 is 6.92. The van der Waals surface area contributed by atoms with Crippen LogP contribution in [-0.2, 0) is 7.05 Å². The van der Waals surface area contributed by atoms with E-state index in [1.807, 2.05) is 13.8 Å². The highest BCUT2D eigenvalue weighted by Crippen LogP contribution is 2.45. The van der Waals surface area contributed by atoms with E-state index < -0.39 is 11.5 Å². The van der Waals surface area contributed by atoms with E-state index in [2.05, 4.69) is 15.2 Å². The van der Waals surface area contributed by atoms with Gasteiger partial charge >= 0.3 is 5.69 Å². The van der Waals surface area contributed by atoms with E-state index in [-0.39, 0.29) is 39.4 Å². The average molecular weight is 551 g/mol. The molecular weight excluding hydrogens is 523 g/mol. The van der Waals surface area contributed by atoms with Crippen LogP contribution >= 0.6 is 11.6 Å². The number of rotatable bonds is 3. The fraction of sp³-hybridized carbons (Fsp3) is 0.357. The summed E-state index contributed by atoms with van der Waals surface area (Å²) in [7, 11) is 1.68. The molecule has 4 aromatic rings. The molecule has 3 aromatic heterocycles. The minimum Gasteiger partial charge on any atom is -0.489 e. The van der Waals surface area contributed by atoms with Crippen LogP contribution in [0.25, 0.3) is 28.0 Å². The lowest BCUT2D eigenvalue weighted by molar-refractivity contribution is 0.274. The van der Waals surface area contributed by atoms with Crippen LogP contribution in [0.3, 0.4) is 0 Å². The van der Waals surface area contributed by atoms with Crippen molar-refractivity contribution in [3.05, 3.63) is 73.3 Å². The van der Waals surface area contributed by atoms with Crippen molar-refractivity contribution in [3.63, 3.8) is 0 Å². The summed E-state index contributed by atoms with van der Waals surface area (Å²) in [6.07, 6.45) is 0. The normalized spacial score (nSPS) is 16.8. The highest BCUT2D eigenvalue weighted by Gasteiger charge is 2.35. The Hall–Kier alpha value is -3.76. The van der Waals surface area contributed by atoms with Crippen LogP contribution in [-0.4, -0.2) is 51.4 Å². The minimum atomic E-state index is -0.555. The smallest absolute Gasteiger partial charge is 0.355 e. The Morgan fingerprint density at radius 1 is 1.21 bits per heavy atom. The minimum absolute atomic E-state index is 0.0874. The number of aromatic nitrogens is 4. The quantitative estimate of drug-likeness (QED) is 0.417. The number of halogens is 2. The van der Waals surface area contributed by atoms with Gasteiger partial charge in [-0.15, -0.1) is 0 Å². The molecule has 0 unspecified atom stereocenters. The lowest BCUT2D eigenvalue weighted by Gasteiger charge is -2.35. The Kier molecular flexibility index (Phi) is 6.19. The van der Waals surface area contributed by atoms with E-state index in [1.54, 1.807) is 32.2 Å². The van der Waals surface area contributed by atoms with Gasteiger partial charge in [-0.25, -0.2) is 18.7 Å². The first-order valence-electron chi connectivity index (χ1n) is 12.9. The molecule has 0 bridgehead atoms. The zero-order valence-corrected chi connectivity index (χ0v) is 22.8. The van der Waals surface area contributed by atoms with Crippen molar-refractivity contribution in [1.29, 1.82) is 0 Å². The Balaban J connectivity index is 1.81. The highest BCUT2D eigenvalue weighted by atomic mass is 35.5. The number of fused-ring (bicyclic) bond motifs is 2. The van der Waals surface area contributed by atoms with Gasteiger partial charge in [0.2, 0.25) is 0 Å². The predicted molar refractivity (Wildman–Crippen MR) is 149 cm³/mol. The summed E-state index contributed by atoms with van der Waals surface area (Å²) < 4.78 is 24.3. The van der Waals surface area contributed by atoms with Gasteiger partial charge in [-0.2, -0.15) is 4.98 Å². The standard InChI is InChI=1S/C28H28ClFN6O3/c1-14(2)23-24(15(3)11-19(37)34(23)4)36-27-20-25(21(29)22(32-27)17-7-5-6-8-18(17)30)39-13-16-12-31-9-10-35(16)26(20)33-28(36)38/h5-8,11,14,16,31H,9-10,12-13H2,1-4H3/t16-/m1/s1. The first-order chi connectivity index (χ1) is 18.7. The van der Waals surface area contributed by atoms with Crippen LogP contribution in [0, 0.1) is 12.7 Å². The maximum absolute atomic E-state index is 15.1. The third-order valence-corrected chi connectivity index (χ3v) is 7.84.